The Labute approximate surface area is 186 Å². The largest absolute Gasteiger partial charge is 0.481 e. The van der Waals surface area contributed by atoms with Crippen LogP contribution < -0.4 is 10.1 Å². The summed E-state index contributed by atoms with van der Waals surface area (Å²) in [7, 11) is 0. The molecule has 0 spiro atoms. The molecule has 0 radical (unpaired) electrons. The number of hydrogen-bond donors (Lipinski definition) is 1. The Kier molecular flexibility index (Phi) is 8.93. The number of ether oxygens (including phenoxy) is 1. The van der Waals surface area contributed by atoms with Gasteiger partial charge in [0.25, 0.3) is 5.91 Å². The molecule has 30 heavy (non-hydrogen) atoms. The highest BCUT2D eigenvalue weighted by Gasteiger charge is 2.28. The minimum Gasteiger partial charge on any atom is -0.481 e. The summed E-state index contributed by atoms with van der Waals surface area (Å²) < 4.78 is 19.2. The van der Waals surface area contributed by atoms with Crippen LogP contribution in [0.25, 0.3) is 0 Å². The van der Waals surface area contributed by atoms with E-state index in [0.717, 1.165) is 6.42 Å². The molecule has 0 fully saturated rings. The molecule has 0 aromatic heterocycles. The standard InChI is InChI=1S/C22H25Cl2FN2O3/c1-4-14(2)26-22(29)15(3)27(12-16-9-10-17(23)11-18(16)24)21(28)13-30-20-8-6-5-7-19(20)25/h5-11,14-15H,4,12-13H2,1-3H3,(H,26,29). The summed E-state index contributed by atoms with van der Waals surface area (Å²) in [4.78, 5) is 27.0. The molecule has 0 saturated carbocycles. The molecular formula is C22H25Cl2FN2O3. The minimum atomic E-state index is -0.789. The maximum atomic E-state index is 13.8. The third kappa shape index (κ3) is 6.61. The smallest absolute Gasteiger partial charge is 0.261 e. The van der Waals surface area contributed by atoms with Gasteiger partial charge in [0.1, 0.15) is 6.04 Å². The Balaban J connectivity index is 2.21. The van der Waals surface area contributed by atoms with E-state index in [9.17, 15) is 14.0 Å². The second kappa shape index (κ2) is 11.2. The van der Waals surface area contributed by atoms with Crippen LogP contribution in [0.3, 0.4) is 0 Å². The predicted molar refractivity (Wildman–Crippen MR) is 116 cm³/mol. The lowest BCUT2D eigenvalue weighted by atomic mass is 10.1. The molecule has 2 atom stereocenters. The fourth-order valence-electron chi connectivity index (χ4n) is 2.67. The molecule has 5 nitrogen and oxygen atoms in total. The summed E-state index contributed by atoms with van der Waals surface area (Å²) in [6.45, 7) is 5.11. The van der Waals surface area contributed by atoms with Gasteiger partial charge < -0.3 is 15.0 Å². The van der Waals surface area contributed by atoms with Crippen LogP contribution in [-0.2, 0) is 16.1 Å². The Bertz CT molecular complexity index is 894. The monoisotopic (exact) mass is 454 g/mol. The molecule has 2 aromatic rings. The molecule has 2 unspecified atom stereocenters. The molecule has 0 aliphatic rings. The first-order chi connectivity index (χ1) is 14.2. The number of nitrogens with one attached hydrogen (secondary N) is 1. The van der Waals surface area contributed by atoms with Crippen LogP contribution >= 0.6 is 23.2 Å². The molecule has 162 valence electrons. The fourth-order valence-corrected chi connectivity index (χ4v) is 3.13. The van der Waals surface area contributed by atoms with Crippen LogP contribution in [0.1, 0.15) is 32.8 Å². The van der Waals surface area contributed by atoms with Crippen LogP contribution in [0.5, 0.6) is 5.75 Å². The van der Waals surface area contributed by atoms with Gasteiger partial charge in [0, 0.05) is 22.6 Å². The van der Waals surface area contributed by atoms with Gasteiger partial charge in [0.2, 0.25) is 5.91 Å². The lowest BCUT2D eigenvalue weighted by Gasteiger charge is -2.30. The first-order valence-corrected chi connectivity index (χ1v) is 10.4. The van der Waals surface area contributed by atoms with Gasteiger partial charge in [-0.1, -0.05) is 48.3 Å². The number of amides is 2. The zero-order chi connectivity index (χ0) is 22.3. The molecule has 0 aliphatic heterocycles. The van der Waals surface area contributed by atoms with Crippen molar-refractivity contribution < 1.29 is 18.7 Å². The number of halogens is 3. The zero-order valence-corrected chi connectivity index (χ0v) is 18.6. The Morgan fingerprint density at radius 2 is 1.87 bits per heavy atom. The maximum absolute atomic E-state index is 13.8. The van der Waals surface area contributed by atoms with Gasteiger partial charge in [-0.2, -0.15) is 0 Å². The van der Waals surface area contributed by atoms with Gasteiger partial charge in [-0.05, 0) is 50.1 Å². The number of hydrogen-bond acceptors (Lipinski definition) is 3. The number of rotatable bonds is 9. The molecule has 0 saturated heterocycles. The van der Waals surface area contributed by atoms with E-state index in [0.29, 0.717) is 15.6 Å². The first-order valence-electron chi connectivity index (χ1n) is 9.64. The summed E-state index contributed by atoms with van der Waals surface area (Å²) in [5.74, 6) is -1.38. The Morgan fingerprint density at radius 3 is 2.50 bits per heavy atom. The number of carbonyl (C=O) groups excluding carboxylic acids is 2. The van der Waals surface area contributed by atoms with E-state index in [-0.39, 0.29) is 24.2 Å². The van der Waals surface area contributed by atoms with Crippen LogP contribution in [0.4, 0.5) is 4.39 Å². The van der Waals surface area contributed by atoms with Gasteiger partial charge in [0.15, 0.2) is 18.2 Å². The lowest BCUT2D eigenvalue weighted by molar-refractivity contribution is -0.142. The topological polar surface area (TPSA) is 58.6 Å². The molecular weight excluding hydrogens is 430 g/mol. The molecule has 8 heteroatoms. The second-order valence-corrected chi connectivity index (χ2v) is 7.81. The number of para-hydroxylation sites is 1. The van der Waals surface area contributed by atoms with Gasteiger partial charge in [0.05, 0.1) is 0 Å². The maximum Gasteiger partial charge on any atom is 0.261 e. The third-order valence-corrected chi connectivity index (χ3v) is 5.30. The molecule has 2 aromatic carbocycles. The van der Waals surface area contributed by atoms with Crippen LogP contribution in [0.2, 0.25) is 10.0 Å². The highest BCUT2D eigenvalue weighted by Crippen LogP contribution is 2.23. The van der Waals surface area contributed by atoms with Gasteiger partial charge >= 0.3 is 0 Å². The Hall–Kier alpha value is -2.31. The normalized spacial score (nSPS) is 12.7. The predicted octanol–water partition coefficient (Wildman–Crippen LogP) is 4.84. The van der Waals surface area contributed by atoms with Crippen LogP contribution in [0.15, 0.2) is 42.5 Å². The molecule has 0 aliphatic carbocycles. The van der Waals surface area contributed by atoms with E-state index in [1.54, 1.807) is 31.2 Å². The van der Waals surface area contributed by atoms with E-state index in [1.807, 2.05) is 13.8 Å². The summed E-state index contributed by atoms with van der Waals surface area (Å²) in [5, 5.41) is 3.71. The van der Waals surface area contributed by atoms with E-state index in [1.165, 1.54) is 23.1 Å². The summed E-state index contributed by atoms with van der Waals surface area (Å²) >= 11 is 12.2. The highest BCUT2D eigenvalue weighted by molar-refractivity contribution is 6.35. The second-order valence-electron chi connectivity index (χ2n) is 6.97. The van der Waals surface area contributed by atoms with E-state index in [4.69, 9.17) is 27.9 Å². The average molecular weight is 455 g/mol. The van der Waals surface area contributed by atoms with Gasteiger partial charge in [-0.25, -0.2) is 4.39 Å². The lowest BCUT2D eigenvalue weighted by Crippen LogP contribution is -2.50. The highest BCUT2D eigenvalue weighted by atomic mass is 35.5. The van der Waals surface area contributed by atoms with Crippen molar-refractivity contribution in [3.63, 3.8) is 0 Å². The number of nitrogens with zero attached hydrogens (tertiary/aromatic N) is 1. The summed E-state index contributed by atoms with van der Waals surface area (Å²) in [6.07, 6.45) is 0.756. The Morgan fingerprint density at radius 1 is 1.17 bits per heavy atom. The van der Waals surface area contributed by atoms with Crippen molar-refractivity contribution in [2.24, 2.45) is 0 Å². The SMILES string of the molecule is CCC(C)NC(=O)C(C)N(Cc1ccc(Cl)cc1Cl)C(=O)COc1ccccc1F. The minimum absolute atomic E-state index is 0.0352. The van der Waals surface area contributed by atoms with Crippen molar-refractivity contribution in [1.82, 2.24) is 10.2 Å². The third-order valence-electron chi connectivity index (χ3n) is 4.71. The van der Waals surface area contributed by atoms with Crippen molar-refractivity contribution in [3.8, 4) is 5.75 Å². The molecule has 2 rings (SSSR count). The van der Waals surface area contributed by atoms with Gasteiger partial charge in [-0.15, -0.1) is 0 Å². The van der Waals surface area contributed by atoms with E-state index in [2.05, 4.69) is 5.32 Å². The van der Waals surface area contributed by atoms with Crippen molar-refractivity contribution in [2.45, 2.75) is 45.8 Å². The molecule has 0 bridgehead atoms. The van der Waals surface area contributed by atoms with E-state index >= 15 is 0 Å². The molecule has 1 N–H and O–H groups in total. The molecule has 0 heterocycles. The van der Waals surface area contributed by atoms with Crippen molar-refractivity contribution in [1.29, 1.82) is 0 Å². The van der Waals surface area contributed by atoms with Crippen molar-refractivity contribution >= 4 is 35.0 Å². The van der Waals surface area contributed by atoms with E-state index < -0.39 is 24.4 Å². The molecule has 2 amide bonds. The van der Waals surface area contributed by atoms with Crippen LogP contribution in [0, 0.1) is 5.82 Å². The van der Waals surface area contributed by atoms with Crippen LogP contribution in [-0.4, -0.2) is 35.4 Å². The summed E-state index contributed by atoms with van der Waals surface area (Å²) in [6, 6.07) is 9.91. The summed E-state index contributed by atoms with van der Waals surface area (Å²) in [5.41, 5.74) is 0.628. The first kappa shape index (κ1) is 24.0. The van der Waals surface area contributed by atoms with Crippen molar-refractivity contribution in [2.75, 3.05) is 6.61 Å². The van der Waals surface area contributed by atoms with Gasteiger partial charge in [-0.3, -0.25) is 9.59 Å². The number of carbonyl (C=O) groups is 2. The quantitative estimate of drug-likeness (QED) is 0.589. The zero-order valence-electron chi connectivity index (χ0n) is 17.1. The fraction of sp³-hybridized carbons (Fsp3) is 0.364. The van der Waals surface area contributed by atoms with Crippen molar-refractivity contribution in [3.05, 3.63) is 63.9 Å². The average Bonchev–Trinajstić information content (AvgIpc) is 2.71. The number of benzene rings is 2.